The molecule has 0 aliphatic rings. The molecule has 0 aliphatic heterocycles. The fraction of sp³-hybridized carbons (Fsp3) is 0.238. The van der Waals surface area contributed by atoms with Crippen LogP contribution in [0.3, 0.4) is 0 Å². The first kappa shape index (κ1) is 20.6. The Morgan fingerprint density at radius 2 is 1.79 bits per heavy atom. The molecule has 2 N–H and O–H groups in total. The first-order valence-corrected chi connectivity index (χ1v) is 10.2. The second-order valence-corrected chi connectivity index (χ2v) is 7.50. The Bertz CT molecular complexity index is 988. The molecule has 0 saturated carbocycles. The number of carbonyl (C=O) groups is 2. The van der Waals surface area contributed by atoms with Crippen LogP contribution >= 0.6 is 11.8 Å². The van der Waals surface area contributed by atoms with Gasteiger partial charge in [0.2, 0.25) is 5.91 Å². The van der Waals surface area contributed by atoms with Gasteiger partial charge in [-0.2, -0.15) is 0 Å². The molecule has 0 saturated heterocycles. The number of thioether (sulfide) groups is 1. The Morgan fingerprint density at radius 1 is 1.00 bits per heavy atom. The van der Waals surface area contributed by atoms with Gasteiger partial charge in [-0.25, -0.2) is 0 Å². The molecule has 0 fully saturated rings. The molecule has 0 radical (unpaired) electrons. The van der Waals surface area contributed by atoms with Gasteiger partial charge in [0.15, 0.2) is 11.0 Å². The van der Waals surface area contributed by atoms with Crippen molar-refractivity contribution >= 4 is 23.6 Å². The first-order chi connectivity index (χ1) is 14.0. The van der Waals surface area contributed by atoms with Crippen molar-refractivity contribution in [2.45, 2.75) is 25.2 Å². The van der Waals surface area contributed by atoms with Crippen LogP contribution < -0.4 is 10.6 Å². The molecule has 0 aliphatic carbocycles. The molecule has 1 heterocycles. The van der Waals surface area contributed by atoms with E-state index in [1.165, 1.54) is 11.8 Å². The summed E-state index contributed by atoms with van der Waals surface area (Å²) in [5, 5.41) is 14.6. The summed E-state index contributed by atoms with van der Waals surface area (Å²) in [5.41, 5.74) is 2.69. The van der Waals surface area contributed by atoms with E-state index in [0.717, 1.165) is 11.1 Å². The number of aromatic nitrogens is 3. The van der Waals surface area contributed by atoms with Crippen molar-refractivity contribution < 1.29 is 9.59 Å². The quantitative estimate of drug-likeness (QED) is 0.558. The van der Waals surface area contributed by atoms with Crippen molar-refractivity contribution in [2.24, 2.45) is 7.05 Å². The van der Waals surface area contributed by atoms with Crippen molar-refractivity contribution in [2.75, 3.05) is 5.75 Å². The van der Waals surface area contributed by atoms with E-state index in [2.05, 4.69) is 20.8 Å². The molecular weight excluding hydrogens is 386 g/mol. The number of benzene rings is 2. The Balaban J connectivity index is 1.47. The summed E-state index contributed by atoms with van der Waals surface area (Å²) >= 11 is 1.31. The highest BCUT2D eigenvalue weighted by Gasteiger charge is 2.13. The third-order valence-electron chi connectivity index (χ3n) is 4.28. The zero-order chi connectivity index (χ0) is 20.6. The molecule has 1 aromatic heterocycles. The van der Waals surface area contributed by atoms with Gasteiger partial charge in [-0.05, 0) is 24.6 Å². The van der Waals surface area contributed by atoms with Crippen molar-refractivity contribution in [1.29, 1.82) is 0 Å². The molecular formula is C21H23N5O2S. The van der Waals surface area contributed by atoms with Crippen LogP contribution in [0.1, 0.15) is 27.3 Å². The number of nitrogens with one attached hydrogen (secondary N) is 2. The molecule has 0 bridgehead atoms. The summed E-state index contributed by atoms with van der Waals surface area (Å²) in [7, 11) is 1.82. The highest BCUT2D eigenvalue weighted by Crippen LogP contribution is 2.15. The SMILES string of the molecule is Cc1cccc(C(=O)NCc2nnc(SCC(=O)NCc3ccccc3)n2C)c1. The highest BCUT2D eigenvalue weighted by molar-refractivity contribution is 7.99. The molecule has 0 spiro atoms. The van der Waals surface area contributed by atoms with Gasteiger partial charge in [0.1, 0.15) is 0 Å². The third kappa shape index (κ3) is 5.92. The van der Waals surface area contributed by atoms with E-state index in [4.69, 9.17) is 0 Å². The number of amides is 2. The Labute approximate surface area is 173 Å². The monoisotopic (exact) mass is 409 g/mol. The lowest BCUT2D eigenvalue weighted by Crippen LogP contribution is -2.25. The molecule has 2 aromatic carbocycles. The van der Waals surface area contributed by atoms with Crippen LogP contribution in [0.15, 0.2) is 59.8 Å². The summed E-state index contributed by atoms with van der Waals surface area (Å²) in [6, 6.07) is 17.2. The maximum atomic E-state index is 12.3. The maximum absolute atomic E-state index is 12.3. The first-order valence-electron chi connectivity index (χ1n) is 9.19. The van der Waals surface area contributed by atoms with Crippen molar-refractivity contribution in [1.82, 2.24) is 25.4 Å². The summed E-state index contributed by atoms with van der Waals surface area (Å²) in [4.78, 5) is 24.3. The lowest BCUT2D eigenvalue weighted by atomic mass is 10.1. The smallest absolute Gasteiger partial charge is 0.251 e. The van der Waals surface area contributed by atoms with Crippen LogP contribution in [0.25, 0.3) is 0 Å². The highest BCUT2D eigenvalue weighted by atomic mass is 32.2. The van der Waals surface area contributed by atoms with Gasteiger partial charge in [-0.1, -0.05) is 59.8 Å². The predicted octanol–water partition coefficient (Wildman–Crippen LogP) is 2.46. The number of hydrogen-bond acceptors (Lipinski definition) is 5. The van der Waals surface area contributed by atoms with Gasteiger partial charge in [0.05, 0.1) is 12.3 Å². The molecule has 8 heteroatoms. The fourth-order valence-electron chi connectivity index (χ4n) is 2.65. The van der Waals surface area contributed by atoms with Gasteiger partial charge in [0.25, 0.3) is 5.91 Å². The van der Waals surface area contributed by atoms with Gasteiger partial charge in [-0.15, -0.1) is 10.2 Å². The van der Waals surface area contributed by atoms with E-state index < -0.39 is 0 Å². The molecule has 29 heavy (non-hydrogen) atoms. The number of rotatable bonds is 8. The minimum absolute atomic E-state index is 0.0730. The second kappa shape index (κ2) is 9.88. The van der Waals surface area contributed by atoms with E-state index >= 15 is 0 Å². The summed E-state index contributed by atoms with van der Waals surface area (Å²) in [5.74, 6) is 0.634. The Morgan fingerprint density at radius 3 is 2.55 bits per heavy atom. The van der Waals surface area contributed by atoms with E-state index in [-0.39, 0.29) is 24.1 Å². The number of nitrogens with zero attached hydrogens (tertiary/aromatic N) is 3. The van der Waals surface area contributed by atoms with Crippen LogP contribution in [0, 0.1) is 6.92 Å². The minimum Gasteiger partial charge on any atom is -0.351 e. The molecule has 0 unspecified atom stereocenters. The second-order valence-electron chi connectivity index (χ2n) is 6.56. The molecule has 0 atom stereocenters. The van der Waals surface area contributed by atoms with Crippen molar-refractivity contribution in [3.8, 4) is 0 Å². The van der Waals surface area contributed by atoms with Gasteiger partial charge in [-0.3, -0.25) is 9.59 Å². The van der Waals surface area contributed by atoms with Crippen LogP contribution in [-0.2, 0) is 24.9 Å². The normalized spacial score (nSPS) is 10.6. The maximum Gasteiger partial charge on any atom is 0.251 e. The minimum atomic E-state index is -0.161. The molecule has 7 nitrogen and oxygen atoms in total. The molecule has 2 amide bonds. The Hall–Kier alpha value is -3.13. The zero-order valence-electron chi connectivity index (χ0n) is 16.4. The molecule has 150 valence electrons. The van der Waals surface area contributed by atoms with E-state index in [1.807, 2.05) is 62.5 Å². The number of aryl methyl sites for hydroxylation is 1. The van der Waals surface area contributed by atoms with Gasteiger partial charge in [0, 0.05) is 19.2 Å². The lowest BCUT2D eigenvalue weighted by Gasteiger charge is -2.07. The average molecular weight is 410 g/mol. The van der Waals surface area contributed by atoms with E-state index in [0.29, 0.717) is 23.1 Å². The van der Waals surface area contributed by atoms with Gasteiger partial charge >= 0.3 is 0 Å². The zero-order valence-corrected chi connectivity index (χ0v) is 17.2. The number of hydrogen-bond donors (Lipinski definition) is 2. The Kier molecular flexibility index (Phi) is 7.02. The molecule has 3 aromatic rings. The lowest BCUT2D eigenvalue weighted by molar-refractivity contribution is -0.118. The largest absolute Gasteiger partial charge is 0.351 e. The topological polar surface area (TPSA) is 88.9 Å². The summed E-state index contributed by atoms with van der Waals surface area (Å²) < 4.78 is 1.78. The van der Waals surface area contributed by atoms with E-state index in [9.17, 15) is 9.59 Å². The van der Waals surface area contributed by atoms with Crippen molar-refractivity contribution in [3.63, 3.8) is 0 Å². The van der Waals surface area contributed by atoms with Crippen LogP contribution in [0.2, 0.25) is 0 Å². The van der Waals surface area contributed by atoms with Crippen LogP contribution in [0.4, 0.5) is 0 Å². The predicted molar refractivity (Wildman–Crippen MR) is 112 cm³/mol. The van der Waals surface area contributed by atoms with Crippen LogP contribution in [-0.4, -0.2) is 32.3 Å². The molecule has 3 rings (SSSR count). The van der Waals surface area contributed by atoms with Gasteiger partial charge < -0.3 is 15.2 Å². The van der Waals surface area contributed by atoms with Crippen LogP contribution in [0.5, 0.6) is 0 Å². The standard InChI is InChI=1S/C21H23N5O2S/c1-15-7-6-10-17(11-15)20(28)23-13-18-24-25-21(26(18)2)29-14-19(27)22-12-16-8-4-3-5-9-16/h3-11H,12-14H2,1-2H3,(H,22,27)(H,23,28). The summed E-state index contributed by atoms with van der Waals surface area (Å²) in [6.07, 6.45) is 0. The average Bonchev–Trinajstić information content (AvgIpc) is 3.09. The summed E-state index contributed by atoms with van der Waals surface area (Å²) in [6.45, 7) is 2.70. The third-order valence-corrected chi connectivity index (χ3v) is 5.30. The fourth-order valence-corrected chi connectivity index (χ4v) is 3.41. The van der Waals surface area contributed by atoms with Crippen molar-refractivity contribution in [3.05, 3.63) is 77.1 Å². The van der Waals surface area contributed by atoms with E-state index in [1.54, 1.807) is 10.6 Å². The number of carbonyl (C=O) groups excluding carboxylic acids is 2.